The highest BCUT2D eigenvalue weighted by atomic mass is 15.6. The molecule has 0 radical (unpaired) electrons. The van der Waals surface area contributed by atoms with Gasteiger partial charge in [-0.25, -0.2) is 0 Å². The van der Waals surface area contributed by atoms with Gasteiger partial charge >= 0.3 is 0 Å². The van der Waals surface area contributed by atoms with Gasteiger partial charge in [-0.2, -0.15) is 5.10 Å². The van der Waals surface area contributed by atoms with Crippen LogP contribution in [0.3, 0.4) is 0 Å². The van der Waals surface area contributed by atoms with Crippen LogP contribution in [-0.4, -0.2) is 35.0 Å². The maximum atomic E-state index is 4.18. The summed E-state index contributed by atoms with van der Waals surface area (Å²) in [6.07, 6.45) is 1.85. The standard InChI is InChI=1S/C8H8N8/c1-15-5-4-7(11-15)9-6-2-3-8-10-13-14-16(8)12-6/h2-5H,1H3,(H,9,11,12). The lowest BCUT2D eigenvalue weighted by molar-refractivity contribution is 0.735. The van der Waals surface area contributed by atoms with Crippen molar-refractivity contribution in [2.75, 3.05) is 5.32 Å². The zero-order valence-corrected chi connectivity index (χ0v) is 8.44. The zero-order chi connectivity index (χ0) is 11.0. The highest BCUT2D eigenvalue weighted by molar-refractivity contribution is 5.52. The Bertz CT molecular complexity index is 624. The number of fused-ring (bicyclic) bond motifs is 1. The number of nitrogens with zero attached hydrogens (tertiary/aromatic N) is 7. The zero-order valence-electron chi connectivity index (χ0n) is 8.44. The van der Waals surface area contributed by atoms with E-state index in [-0.39, 0.29) is 0 Å². The summed E-state index contributed by atoms with van der Waals surface area (Å²) in [5.74, 6) is 1.36. The van der Waals surface area contributed by atoms with Crippen LogP contribution in [0.25, 0.3) is 5.65 Å². The molecule has 3 heterocycles. The topological polar surface area (TPSA) is 85.8 Å². The van der Waals surface area contributed by atoms with Gasteiger partial charge in [-0.15, -0.1) is 14.8 Å². The first kappa shape index (κ1) is 8.77. The SMILES string of the molecule is Cn1ccc(Nc2ccc3nnnn3n2)n1. The van der Waals surface area contributed by atoms with Crippen LogP contribution in [-0.2, 0) is 7.05 Å². The second kappa shape index (κ2) is 3.26. The Balaban J connectivity index is 1.94. The van der Waals surface area contributed by atoms with E-state index in [1.54, 1.807) is 16.8 Å². The molecule has 80 valence electrons. The number of tetrazole rings is 1. The monoisotopic (exact) mass is 216 g/mol. The smallest absolute Gasteiger partial charge is 0.200 e. The Morgan fingerprint density at radius 1 is 1.12 bits per heavy atom. The minimum atomic E-state index is 0.603. The third-order valence-electron chi connectivity index (χ3n) is 2.04. The van der Waals surface area contributed by atoms with Crippen molar-refractivity contribution in [3.05, 3.63) is 24.4 Å². The Morgan fingerprint density at radius 2 is 2.00 bits per heavy atom. The molecule has 8 heteroatoms. The molecule has 0 bridgehead atoms. The predicted molar refractivity (Wildman–Crippen MR) is 55.1 cm³/mol. The maximum Gasteiger partial charge on any atom is 0.200 e. The van der Waals surface area contributed by atoms with Gasteiger partial charge in [0.05, 0.1) is 0 Å². The first-order valence-corrected chi connectivity index (χ1v) is 4.63. The summed E-state index contributed by atoms with van der Waals surface area (Å²) < 4.78 is 3.06. The number of anilines is 2. The minimum absolute atomic E-state index is 0.603. The molecule has 3 rings (SSSR count). The largest absolute Gasteiger partial charge is 0.322 e. The molecule has 0 fully saturated rings. The second-order valence-electron chi connectivity index (χ2n) is 3.24. The number of rotatable bonds is 2. The Kier molecular flexibility index (Phi) is 1.79. The molecule has 0 aromatic carbocycles. The number of hydrogen-bond donors (Lipinski definition) is 1. The Labute approximate surface area is 89.9 Å². The molecule has 0 amide bonds. The van der Waals surface area contributed by atoms with Gasteiger partial charge < -0.3 is 5.32 Å². The molecule has 0 saturated heterocycles. The van der Waals surface area contributed by atoms with Crippen molar-refractivity contribution >= 4 is 17.3 Å². The van der Waals surface area contributed by atoms with Gasteiger partial charge in [0.25, 0.3) is 0 Å². The van der Waals surface area contributed by atoms with Crippen molar-refractivity contribution in [1.82, 2.24) is 35.0 Å². The van der Waals surface area contributed by atoms with E-state index in [0.29, 0.717) is 11.5 Å². The summed E-state index contributed by atoms with van der Waals surface area (Å²) in [6.45, 7) is 0. The molecule has 16 heavy (non-hydrogen) atoms. The van der Waals surface area contributed by atoms with Crippen LogP contribution in [0.15, 0.2) is 24.4 Å². The molecule has 0 aliphatic rings. The van der Waals surface area contributed by atoms with E-state index < -0.39 is 0 Å². The van der Waals surface area contributed by atoms with Crippen LogP contribution >= 0.6 is 0 Å². The average molecular weight is 216 g/mol. The number of nitrogens with one attached hydrogen (secondary N) is 1. The van der Waals surface area contributed by atoms with Gasteiger partial charge in [0.1, 0.15) is 0 Å². The van der Waals surface area contributed by atoms with E-state index in [4.69, 9.17) is 0 Å². The molecule has 0 unspecified atom stereocenters. The molecule has 0 aliphatic heterocycles. The van der Waals surface area contributed by atoms with Crippen molar-refractivity contribution in [2.45, 2.75) is 0 Å². The maximum absolute atomic E-state index is 4.18. The lowest BCUT2D eigenvalue weighted by atomic mass is 10.5. The van der Waals surface area contributed by atoms with Gasteiger partial charge in [-0.3, -0.25) is 4.68 Å². The van der Waals surface area contributed by atoms with E-state index in [2.05, 4.69) is 31.0 Å². The van der Waals surface area contributed by atoms with Gasteiger partial charge in [-0.05, 0) is 22.6 Å². The molecule has 0 atom stereocenters. The van der Waals surface area contributed by atoms with Crippen LogP contribution < -0.4 is 5.32 Å². The fraction of sp³-hybridized carbons (Fsp3) is 0.125. The second-order valence-corrected chi connectivity index (χ2v) is 3.24. The molecule has 3 aromatic rings. The highest BCUT2D eigenvalue weighted by Crippen LogP contribution is 2.10. The summed E-state index contributed by atoms with van der Waals surface area (Å²) in [5.41, 5.74) is 0.603. The van der Waals surface area contributed by atoms with Gasteiger partial charge in [0.15, 0.2) is 17.3 Å². The van der Waals surface area contributed by atoms with Crippen LogP contribution in [0, 0.1) is 0 Å². The summed E-state index contributed by atoms with van der Waals surface area (Å²) in [4.78, 5) is 0. The first-order valence-electron chi connectivity index (χ1n) is 4.63. The third kappa shape index (κ3) is 1.45. The van der Waals surface area contributed by atoms with Gasteiger partial charge in [0, 0.05) is 19.3 Å². The predicted octanol–water partition coefficient (Wildman–Crippen LogP) is -0.00360. The number of aromatic nitrogens is 7. The fourth-order valence-electron chi connectivity index (χ4n) is 1.33. The molecular formula is C8H8N8. The van der Waals surface area contributed by atoms with Crippen molar-refractivity contribution < 1.29 is 0 Å². The van der Waals surface area contributed by atoms with Gasteiger partial charge in [0.2, 0.25) is 0 Å². The van der Waals surface area contributed by atoms with Gasteiger partial charge in [-0.1, -0.05) is 0 Å². The van der Waals surface area contributed by atoms with Crippen LogP contribution in [0.5, 0.6) is 0 Å². The van der Waals surface area contributed by atoms with Crippen molar-refractivity contribution in [1.29, 1.82) is 0 Å². The Hall–Kier alpha value is -2.51. The summed E-state index contributed by atoms with van der Waals surface area (Å²) >= 11 is 0. The van der Waals surface area contributed by atoms with E-state index in [0.717, 1.165) is 5.82 Å². The fourth-order valence-corrected chi connectivity index (χ4v) is 1.33. The molecule has 3 aromatic heterocycles. The van der Waals surface area contributed by atoms with E-state index in [1.165, 1.54) is 4.63 Å². The normalized spacial score (nSPS) is 10.8. The molecule has 8 nitrogen and oxygen atoms in total. The van der Waals surface area contributed by atoms with Crippen LogP contribution in [0.2, 0.25) is 0 Å². The molecule has 0 spiro atoms. The summed E-state index contributed by atoms with van der Waals surface area (Å²) in [6, 6.07) is 5.42. The average Bonchev–Trinajstić information content (AvgIpc) is 2.87. The summed E-state index contributed by atoms with van der Waals surface area (Å²) in [5, 5.41) is 22.4. The lowest BCUT2D eigenvalue weighted by Crippen LogP contribution is -2.01. The summed E-state index contributed by atoms with van der Waals surface area (Å²) in [7, 11) is 1.85. The van der Waals surface area contributed by atoms with Crippen LogP contribution in [0.4, 0.5) is 11.6 Å². The van der Waals surface area contributed by atoms with E-state index in [1.807, 2.05) is 19.3 Å². The Morgan fingerprint density at radius 3 is 2.81 bits per heavy atom. The molecule has 1 N–H and O–H groups in total. The molecular weight excluding hydrogens is 208 g/mol. The van der Waals surface area contributed by atoms with E-state index >= 15 is 0 Å². The quantitative estimate of drug-likeness (QED) is 0.648. The molecule has 0 saturated carbocycles. The highest BCUT2D eigenvalue weighted by Gasteiger charge is 2.02. The first-order chi connectivity index (χ1) is 7.81. The number of aryl methyl sites for hydroxylation is 1. The van der Waals surface area contributed by atoms with Crippen molar-refractivity contribution in [3.8, 4) is 0 Å². The van der Waals surface area contributed by atoms with Crippen LogP contribution in [0.1, 0.15) is 0 Å². The van der Waals surface area contributed by atoms with Crippen molar-refractivity contribution in [3.63, 3.8) is 0 Å². The lowest BCUT2D eigenvalue weighted by Gasteiger charge is -2.00. The number of hydrogen-bond acceptors (Lipinski definition) is 6. The third-order valence-corrected chi connectivity index (χ3v) is 2.04. The van der Waals surface area contributed by atoms with Crippen molar-refractivity contribution in [2.24, 2.45) is 7.05 Å². The van der Waals surface area contributed by atoms with E-state index in [9.17, 15) is 0 Å². The molecule has 0 aliphatic carbocycles. The minimum Gasteiger partial charge on any atom is -0.322 e.